The van der Waals surface area contributed by atoms with Gasteiger partial charge in [-0.3, -0.25) is 0 Å². The van der Waals surface area contributed by atoms with Crippen LogP contribution in [0.2, 0.25) is 0 Å². The summed E-state index contributed by atoms with van der Waals surface area (Å²) >= 11 is 0. The molecular formula is C12H21ClTi. The summed E-state index contributed by atoms with van der Waals surface area (Å²) in [5, 5.41) is 0. The Morgan fingerprint density at radius 1 is 0.786 bits per heavy atom. The molecule has 80 valence electrons. The van der Waals surface area contributed by atoms with Gasteiger partial charge < -0.3 is 27.3 Å². The fraction of sp³-hybridized carbons (Fsp3) is 0.417. The quantitative estimate of drug-likeness (QED) is 0.472. The minimum Gasteiger partial charge on any atom is -1.00 e. The average Bonchev–Trinajstić information content (AvgIpc) is 2.07. The van der Waals surface area contributed by atoms with Crippen LogP contribution >= 0.6 is 0 Å². The molecule has 1 aromatic rings. The Hall–Kier alpha value is 0.354. The molecule has 0 atom stereocenters. The van der Waals surface area contributed by atoms with Crippen LogP contribution in [0.5, 0.6) is 0 Å². The SMILES string of the molecule is Cc1c(C)c(C)[c-](C)c1C.[CH3-].[CH3-].[Cl-].[Ti+4]. The van der Waals surface area contributed by atoms with Gasteiger partial charge in [0.15, 0.2) is 0 Å². The molecule has 2 heteroatoms. The smallest absolute Gasteiger partial charge is 1.00 e. The minimum absolute atomic E-state index is 0. The Bertz CT molecular complexity index is 181. The van der Waals surface area contributed by atoms with Gasteiger partial charge in [-0.1, -0.05) is 34.6 Å². The van der Waals surface area contributed by atoms with Gasteiger partial charge in [-0.25, -0.2) is 0 Å². The van der Waals surface area contributed by atoms with Crippen LogP contribution in [0, 0.1) is 49.5 Å². The Morgan fingerprint density at radius 2 is 1.00 bits per heavy atom. The molecule has 1 rings (SSSR count). The van der Waals surface area contributed by atoms with E-state index in [0.717, 1.165) is 0 Å². The van der Waals surface area contributed by atoms with E-state index in [2.05, 4.69) is 34.6 Å². The van der Waals surface area contributed by atoms with E-state index in [9.17, 15) is 0 Å². The van der Waals surface area contributed by atoms with Crippen molar-refractivity contribution in [2.24, 2.45) is 0 Å². The zero-order chi connectivity index (χ0) is 7.89. The van der Waals surface area contributed by atoms with Crippen molar-refractivity contribution in [1.82, 2.24) is 0 Å². The first-order valence-corrected chi connectivity index (χ1v) is 3.75. The molecule has 0 N–H and O–H groups in total. The second-order valence-corrected chi connectivity index (χ2v) is 3.12. The van der Waals surface area contributed by atoms with Gasteiger partial charge in [0.1, 0.15) is 0 Å². The number of hydrogen-bond acceptors (Lipinski definition) is 0. The molecule has 0 aliphatic heterocycles. The summed E-state index contributed by atoms with van der Waals surface area (Å²) in [5.41, 5.74) is 7.34. The summed E-state index contributed by atoms with van der Waals surface area (Å²) in [6, 6.07) is 0. The van der Waals surface area contributed by atoms with Crippen LogP contribution < -0.4 is 12.4 Å². The van der Waals surface area contributed by atoms with Gasteiger partial charge in [0.25, 0.3) is 0 Å². The van der Waals surface area contributed by atoms with Crippen LogP contribution in [-0.2, 0) is 21.7 Å². The maximum Gasteiger partial charge on any atom is 4.00 e. The van der Waals surface area contributed by atoms with Crippen molar-refractivity contribution < 1.29 is 34.1 Å². The van der Waals surface area contributed by atoms with Gasteiger partial charge in [0.05, 0.1) is 0 Å². The number of rotatable bonds is 0. The molecular weight excluding hydrogens is 227 g/mol. The molecule has 0 nitrogen and oxygen atoms in total. The Morgan fingerprint density at radius 3 is 1.07 bits per heavy atom. The zero-order valence-electron chi connectivity index (χ0n) is 10.4. The average molecular weight is 249 g/mol. The largest absolute Gasteiger partial charge is 4.00 e. The zero-order valence-corrected chi connectivity index (χ0v) is 12.7. The molecule has 0 aromatic heterocycles. The predicted octanol–water partition coefficient (Wildman–Crippen LogP) is 0.850. The maximum atomic E-state index is 2.20. The third kappa shape index (κ3) is 3.84. The van der Waals surface area contributed by atoms with E-state index in [1.54, 1.807) is 0 Å². The van der Waals surface area contributed by atoms with E-state index in [1.807, 2.05) is 0 Å². The molecule has 0 spiro atoms. The molecule has 14 heavy (non-hydrogen) atoms. The second-order valence-electron chi connectivity index (χ2n) is 3.12. The van der Waals surface area contributed by atoms with Crippen LogP contribution in [0.3, 0.4) is 0 Å². The van der Waals surface area contributed by atoms with E-state index >= 15 is 0 Å². The fourth-order valence-corrected chi connectivity index (χ4v) is 1.41. The number of hydrogen-bond donors (Lipinski definition) is 0. The fourth-order valence-electron chi connectivity index (χ4n) is 1.41. The Labute approximate surface area is 111 Å². The summed E-state index contributed by atoms with van der Waals surface area (Å²) in [7, 11) is 0. The normalized spacial score (nSPS) is 7.50. The predicted molar refractivity (Wildman–Crippen MR) is 58.5 cm³/mol. The van der Waals surface area contributed by atoms with Gasteiger partial charge in [0, 0.05) is 0 Å². The summed E-state index contributed by atoms with van der Waals surface area (Å²) < 4.78 is 0. The molecule has 0 bridgehead atoms. The molecule has 0 unspecified atom stereocenters. The standard InChI is InChI=1S/C10H15.2CH3.ClH.Ti/c1-6-7(2)9(4)10(5)8(6)3;;;;/h1-5H3;2*1H3;1H;/q3*-1;;+4/p-1. The summed E-state index contributed by atoms with van der Waals surface area (Å²) in [6.45, 7) is 11.0. The first-order chi connectivity index (χ1) is 4.55. The first-order valence-electron chi connectivity index (χ1n) is 3.75. The molecule has 1 aromatic carbocycles. The van der Waals surface area contributed by atoms with Crippen molar-refractivity contribution >= 4 is 0 Å². The minimum atomic E-state index is 0. The van der Waals surface area contributed by atoms with E-state index < -0.39 is 0 Å². The first kappa shape index (κ1) is 23.9. The van der Waals surface area contributed by atoms with Crippen molar-refractivity contribution in [2.75, 3.05) is 0 Å². The topological polar surface area (TPSA) is 0 Å². The number of halogens is 1. The molecule has 0 saturated carbocycles. The molecule has 0 aliphatic carbocycles. The van der Waals surface area contributed by atoms with Gasteiger partial charge in [-0.2, -0.15) is 27.8 Å². The van der Waals surface area contributed by atoms with Crippen LogP contribution in [0.4, 0.5) is 0 Å². The van der Waals surface area contributed by atoms with Crippen molar-refractivity contribution in [3.05, 3.63) is 42.7 Å². The van der Waals surface area contributed by atoms with Crippen LogP contribution in [0.25, 0.3) is 0 Å². The van der Waals surface area contributed by atoms with Gasteiger partial charge in [0.2, 0.25) is 0 Å². The summed E-state index contributed by atoms with van der Waals surface area (Å²) in [6.07, 6.45) is 0. The maximum absolute atomic E-state index is 2.20. The van der Waals surface area contributed by atoms with E-state index in [-0.39, 0.29) is 49.0 Å². The van der Waals surface area contributed by atoms with E-state index in [1.165, 1.54) is 27.8 Å². The molecule has 0 heterocycles. The van der Waals surface area contributed by atoms with Crippen LogP contribution in [0.15, 0.2) is 0 Å². The molecule has 0 fully saturated rings. The van der Waals surface area contributed by atoms with Crippen molar-refractivity contribution in [3.63, 3.8) is 0 Å². The summed E-state index contributed by atoms with van der Waals surface area (Å²) in [5.74, 6) is 0. The monoisotopic (exact) mass is 248 g/mol. The van der Waals surface area contributed by atoms with Gasteiger partial charge >= 0.3 is 21.7 Å². The van der Waals surface area contributed by atoms with Crippen LogP contribution in [0.1, 0.15) is 27.8 Å². The third-order valence-corrected chi connectivity index (χ3v) is 2.81. The van der Waals surface area contributed by atoms with E-state index in [4.69, 9.17) is 0 Å². The van der Waals surface area contributed by atoms with Crippen molar-refractivity contribution in [1.29, 1.82) is 0 Å². The van der Waals surface area contributed by atoms with Crippen molar-refractivity contribution in [3.8, 4) is 0 Å². The van der Waals surface area contributed by atoms with Crippen LogP contribution in [-0.4, -0.2) is 0 Å². The Balaban J connectivity index is -0.000000125. The molecule has 0 aliphatic rings. The molecule has 0 radical (unpaired) electrons. The molecule has 0 amide bonds. The molecule has 0 saturated heterocycles. The Kier molecular flexibility index (Phi) is 14.7. The van der Waals surface area contributed by atoms with Gasteiger partial charge in [-0.15, -0.1) is 0 Å². The van der Waals surface area contributed by atoms with Crippen molar-refractivity contribution in [2.45, 2.75) is 34.6 Å². The van der Waals surface area contributed by atoms with E-state index in [0.29, 0.717) is 0 Å². The summed E-state index contributed by atoms with van der Waals surface area (Å²) in [4.78, 5) is 0. The third-order valence-electron chi connectivity index (χ3n) is 2.81. The van der Waals surface area contributed by atoms with Gasteiger partial charge in [-0.05, 0) is 0 Å². The second kappa shape index (κ2) is 8.65.